The van der Waals surface area contributed by atoms with Crippen LogP contribution in [0, 0.1) is 5.82 Å². The maximum Gasteiger partial charge on any atom is 0.471 e. The quantitative estimate of drug-likeness (QED) is 0.589. The first kappa shape index (κ1) is 19.0. The highest BCUT2D eigenvalue weighted by Crippen LogP contribution is 2.36. The van der Waals surface area contributed by atoms with Gasteiger partial charge in [0.25, 0.3) is 0 Å². The fourth-order valence-corrected chi connectivity index (χ4v) is 5.45. The smallest absolute Gasteiger partial charge is 0.329 e. The molecule has 28 heavy (non-hydrogen) atoms. The molecule has 0 bridgehead atoms. The van der Waals surface area contributed by atoms with Crippen molar-refractivity contribution in [1.82, 2.24) is 14.4 Å². The molecule has 3 heterocycles. The first-order chi connectivity index (χ1) is 13.1. The van der Waals surface area contributed by atoms with Crippen LogP contribution in [0.4, 0.5) is 17.6 Å². The summed E-state index contributed by atoms with van der Waals surface area (Å²) in [5.74, 6) is -2.17. The number of thiophene rings is 1. The Morgan fingerprint density at radius 1 is 1.18 bits per heavy atom. The van der Waals surface area contributed by atoms with Gasteiger partial charge in [-0.15, -0.1) is 11.3 Å². The number of rotatable bonds is 3. The largest absolute Gasteiger partial charge is 0.471 e. The van der Waals surface area contributed by atoms with Gasteiger partial charge in [0.2, 0.25) is 15.8 Å². The minimum atomic E-state index is -4.73. The summed E-state index contributed by atoms with van der Waals surface area (Å²) >= 11 is 1.11. The molecule has 3 aromatic rings. The molecular formula is C16H11F4N3O3S2. The fourth-order valence-electron chi connectivity index (χ4n) is 2.81. The van der Waals surface area contributed by atoms with Crippen molar-refractivity contribution in [2.75, 3.05) is 6.54 Å². The normalized spacial score (nSPS) is 15.6. The first-order valence-corrected chi connectivity index (χ1v) is 10.2. The molecule has 0 atom stereocenters. The van der Waals surface area contributed by atoms with Gasteiger partial charge in [0.1, 0.15) is 5.82 Å². The number of sulfonamides is 1. The Hall–Kier alpha value is -2.31. The zero-order valence-electron chi connectivity index (χ0n) is 13.9. The first-order valence-electron chi connectivity index (χ1n) is 7.93. The van der Waals surface area contributed by atoms with Crippen LogP contribution < -0.4 is 0 Å². The third kappa shape index (κ3) is 3.42. The Kier molecular flexibility index (Phi) is 4.51. The minimum Gasteiger partial charge on any atom is -0.329 e. The number of nitrogens with zero attached hydrogens (tertiary/aromatic N) is 3. The topological polar surface area (TPSA) is 76.3 Å². The van der Waals surface area contributed by atoms with Gasteiger partial charge in [-0.05, 0) is 42.3 Å². The van der Waals surface area contributed by atoms with Gasteiger partial charge in [-0.1, -0.05) is 5.16 Å². The van der Waals surface area contributed by atoms with Gasteiger partial charge in [0.15, 0.2) is 0 Å². The molecule has 0 fully saturated rings. The minimum absolute atomic E-state index is 0.0258. The zero-order chi connectivity index (χ0) is 20.1. The molecular weight excluding hydrogens is 422 g/mol. The second-order valence-corrected chi connectivity index (χ2v) is 9.10. The van der Waals surface area contributed by atoms with Crippen molar-refractivity contribution in [3.63, 3.8) is 0 Å². The average molecular weight is 433 g/mol. The van der Waals surface area contributed by atoms with Crippen LogP contribution in [0.5, 0.6) is 0 Å². The van der Waals surface area contributed by atoms with E-state index in [-0.39, 0.29) is 23.8 Å². The number of hydrogen-bond donors (Lipinski definition) is 0. The lowest BCUT2D eigenvalue weighted by Crippen LogP contribution is -2.35. The summed E-state index contributed by atoms with van der Waals surface area (Å²) in [5.41, 5.74) is 0.823. The van der Waals surface area contributed by atoms with E-state index in [1.807, 2.05) is 0 Å². The molecule has 0 spiro atoms. The molecule has 12 heteroatoms. The summed E-state index contributed by atoms with van der Waals surface area (Å²) in [4.78, 5) is 4.38. The van der Waals surface area contributed by atoms with E-state index < -0.39 is 27.9 Å². The summed E-state index contributed by atoms with van der Waals surface area (Å²) in [6.45, 7) is 0.257. The Bertz CT molecular complexity index is 1120. The molecule has 0 unspecified atom stereocenters. The van der Waals surface area contributed by atoms with Gasteiger partial charge in [0, 0.05) is 18.0 Å². The van der Waals surface area contributed by atoms with E-state index in [4.69, 9.17) is 0 Å². The highest BCUT2D eigenvalue weighted by molar-refractivity contribution is 7.89. The molecule has 6 nitrogen and oxygen atoms in total. The maximum atomic E-state index is 13.1. The summed E-state index contributed by atoms with van der Waals surface area (Å²) in [6, 6.07) is 6.17. The Morgan fingerprint density at radius 2 is 1.89 bits per heavy atom. The fraction of sp³-hybridized carbons (Fsp3) is 0.250. The Labute approximate surface area is 160 Å². The van der Waals surface area contributed by atoms with Crippen molar-refractivity contribution in [2.45, 2.75) is 24.0 Å². The highest BCUT2D eigenvalue weighted by Gasteiger charge is 2.39. The van der Waals surface area contributed by atoms with Gasteiger partial charge in [-0.3, -0.25) is 0 Å². The van der Waals surface area contributed by atoms with Crippen LogP contribution in [0.1, 0.15) is 16.3 Å². The molecule has 0 amide bonds. The number of aromatic nitrogens is 2. The van der Waals surface area contributed by atoms with Crippen molar-refractivity contribution in [2.24, 2.45) is 0 Å². The van der Waals surface area contributed by atoms with Crippen molar-refractivity contribution in [3.8, 4) is 10.7 Å². The molecule has 0 radical (unpaired) electrons. The van der Waals surface area contributed by atoms with E-state index in [2.05, 4.69) is 14.7 Å². The zero-order valence-corrected chi connectivity index (χ0v) is 15.5. The number of halogens is 4. The summed E-state index contributed by atoms with van der Waals surface area (Å²) < 4.78 is 81.9. The summed E-state index contributed by atoms with van der Waals surface area (Å²) in [6.07, 6.45) is -4.35. The Morgan fingerprint density at radius 3 is 2.54 bits per heavy atom. The second kappa shape index (κ2) is 6.64. The molecule has 148 valence electrons. The van der Waals surface area contributed by atoms with Crippen molar-refractivity contribution >= 4 is 21.4 Å². The van der Waals surface area contributed by atoms with E-state index in [9.17, 15) is 26.0 Å². The van der Waals surface area contributed by atoms with Gasteiger partial charge in [-0.2, -0.15) is 22.5 Å². The van der Waals surface area contributed by atoms with Gasteiger partial charge < -0.3 is 4.52 Å². The van der Waals surface area contributed by atoms with Crippen LogP contribution in [0.25, 0.3) is 10.7 Å². The average Bonchev–Trinajstić information content (AvgIpc) is 3.28. The lowest BCUT2D eigenvalue weighted by molar-refractivity contribution is -0.159. The number of hydrogen-bond acceptors (Lipinski definition) is 6. The predicted octanol–water partition coefficient (Wildman–Crippen LogP) is 3.70. The van der Waals surface area contributed by atoms with Crippen molar-refractivity contribution in [1.29, 1.82) is 0 Å². The monoisotopic (exact) mass is 433 g/mol. The van der Waals surface area contributed by atoms with Crippen LogP contribution >= 0.6 is 11.3 Å². The van der Waals surface area contributed by atoms with Gasteiger partial charge in [-0.25, -0.2) is 12.8 Å². The maximum absolute atomic E-state index is 13.1. The van der Waals surface area contributed by atoms with Crippen LogP contribution in [0.3, 0.4) is 0 Å². The standard InChI is InChI=1S/C16H11F4N3O3S2/c17-10-1-3-11(4-2-10)28(24,25)23-6-5-9-7-12(27-13(9)8-23)14-21-15(26-22-14)16(18,19)20/h1-4,7H,5-6,8H2. The van der Waals surface area contributed by atoms with Crippen LogP contribution in [-0.2, 0) is 29.2 Å². The second-order valence-electron chi connectivity index (χ2n) is 6.02. The van der Waals surface area contributed by atoms with Crippen LogP contribution in [-0.4, -0.2) is 29.4 Å². The van der Waals surface area contributed by atoms with Gasteiger partial charge >= 0.3 is 12.1 Å². The lowest BCUT2D eigenvalue weighted by Gasteiger charge is -2.26. The van der Waals surface area contributed by atoms with Crippen LogP contribution in [0.15, 0.2) is 39.8 Å². The SMILES string of the molecule is O=S(=O)(c1ccc(F)cc1)N1CCc2cc(-c3noc(C(F)(F)F)n3)sc2C1. The lowest BCUT2D eigenvalue weighted by atomic mass is 10.1. The molecule has 0 N–H and O–H groups in total. The van der Waals surface area contributed by atoms with Crippen LogP contribution in [0.2, 0.25) is 0 Å². The molecule has 4 rings (SSSR count). The van der Waals surface area contributed by atoms with Gasteiger partial charge in [0.05, 0.1) is 9.77 Å². The van der Waals surface area contributed by atoms with E-state index in [1.54, 1.807) is 6.07 Å². The number of alkyl halides is 3. The Balaban J connectivity index is 1.60. The highest BCUT2D eigenvalue weighted by atomic mass is 32.2. The molecule has 0 aliphatic carbocycles. The molecule has 1 aliphatic rings. The molecule has 2 aromatic heterocycles. The third-order valence-corrected chi connectivity index (χ3v) is 7.20. The molecule has 1 aromatic carbocycles. The van der Waals surface area contributed by atoms with Crippen molar-refractivity contribution in [3.05, 3.63) is 52.5 Å². The molecule has 0 saturated carbocycles. The van der Waals surface area contributed by atoms with E-state index >= 15 is 0 Å². The molecule has 0 saturated heterocycles. The molecule has 1 aliphatic heterocycles. The van der Waals surface area contributed by atoms with E-state index in [0.29, 0.717) is 16.2 Å². The predicted molar refractivity (Wildman–Crippen MR) is 90.3 cm³/mol. The summed E-state index contributed by atoms with van der Waals surface area (Å²) in [5, 5.41) is 3.36. The summed E-state index contributed by atoms with van der Waals surface area (Å²) in [7, 11) is -3.82. The number of fused-ring (bicyclic) bond motifs is 1. The number of benzene rings is 1. The third-order valence-electron chi connectivity index (χ3n) is 4.19. The van der Waals surface area contributed by atoms with E-state index in [0.717, 1.165) is 29.0 Å². The van der Waals surface area contributed by atoms with Crippen molar-refractivity contribution < 1.29 is 30.5 Å². The van der Waals surface area contributed by atoms with E-state index in [1.165, 1.54) is 16.4 Å².